The molecule has 3 aliphatic rings. The van der Waals surface area contributed by atoms with Crippen molar-refractivity contribution in [1.29, 1.82) is 0 Å². The van der Waals surface area contributed by atoms with Crippen molar-refractivity contribution in [2.75, 3.05) is 37.7 Å². The molecule has 9 heteroatoms. The first-order valence-corrected chi connectivity index (χ1v) is 14.2. The molecule has 3 amide bonds. The molecule has 4 rings (SSSR count). The Morgan fingerprint density at radius 2 is 1.89 bits per heavy atom. The number of halogens is 1. The van der Waals surface area contributed by atoms with Gasteiger partial charge in [-0.15, -0.1) is 24.9 Å². The van der Waals surface area contributed by atoms with Gasteiger partial charge in [0.05, 0.1) is 23.2 Å². The molecule has 0 aliphatic carbocycles. The SMILES string of the molecule is C=CCN(CCC)C(=O)[C@@H]1[C@H]2C(=O)N(CCO)C(C(=O)N(CC=C)c3ccc(Cl)cc3)C23S[C@@H]1CC3C. The van der Waals surface area contributed by atoms with Gasteiger partial charge in [-0.05, 0) is 43.0 Å². The minimum atomic E-state index is -0.797. The number of rotatable bonds is 11. The fourth-order valence-corrected chi connectivity index (χ4v) is 9.11. The number of amides is 3. The van der Waals surface area contributed by atoms with Crippen LogP contribution in [-0.4, -0.2) is 81.5 Å². The van der Waals surface area contributed by atoms with Gasteiger partial charge in [-0.1, -0.05) is 37.6 Å². The van der Waals surface area contributed by atoms with Crippen LogP contribution in [0.2, 0.25) is 5.02 Å². The van der Waals surface area contributed by atoms with Crippen LogP contribution >= 0.6 is 23.4 Å². The highest BCUT2D eigenvalue weighted by Crippen LogP contribution is 2.68. The molecule has 3 unspecified atom stereocenters. The lowest BCUT2D eigenvalue weighted by Gasteiger charge is -2.41. The number of β-amino-alcohol motifs (C(OH)–C–C–N with tert-alkyl or cyclic N) is 1. The number of aliphatic hydroxyl groups excluding tert-OH is 1. The van der Waals surface area contributed by atoms with E-state index in [0.717, 1.165) is 12.8 Å². The summed E-state index contributed by atoms with van der Waals surface area (Å²) in [6.45, 7) is 12.8. The number of benzene rings is 1. The number of nitrogens with zero attached hydrogens (tertiary/aromatic N) is 3. The van der Waals surface area contributed by atoms with E-state index in [1.807, 2.05) is 6.92 Å². The maximum Gasteiger partial charge on any atom is 0.251 e. The van der Waals surface area contributed by atoms with Crippen LogP contribution in [0.15, 0.2) is 49.6 Å². The van der Waals surface area contributed by atoms with Crippen molar-refractivity contribution in [3.8, 4) is 0 Å². The van der Waals surface area contributed by atoms with Crippen molar-refractivity contribution in [2.24, 2.45) is 17.8 Å². The van der Waals surface area contributed by atoms with Gasteiger partial charge in [0.25, 0.3) is 5.91 Å². The molecular formula is C28H36ClN3O4S. The third-order valence-electron chi connectivity index (χ3n) is 7.98. The minimum Gasteiger partial charge on any atom is -0.395 e. The number of anilines is 1. The summed E-state index contributed by atoms with van der Waals surface area (Å²) in [7, 11) is 0. The molecule has 0 aromatic heterocycles. The maximum absolute atomic E-state index is 14.4. The van der Waals surface area contributed by atoms with Crippen LogP contribution in [0.3, 0.4) is 0 Å². The Kier molecular flexibility index (Phi) is 8.41. The van der Waals surface area contributed by atoms with E-state index in [2.05, 4.69) is 20.1 Å². The molecule has 7 nitrogen and oxygen atoms in total. The Labute approximate surface area is 228 Å². The lowest BCUT2D eigenvalue weighted by molar-refractivity contribution is -0.144. The first-order chi connectivity index (χ1) is 17.8. The van der Waals surface area contributed by atoms with E-state index in [0.29, 0.717) is 23.8 Å². The summed E-state index contributed by atoms with van der Waals surface area (Å²) in [6.07, 6.45) is 4.94. The van der Waals surface area contributed by atoms with Crippen LogP contribution in [0.1, 0.15) is 26.7 Å². The maximum atomic E-state index is 14.4. The molecule has 3 saturated heterocycles. The second-order valence-electron chi connectivity index (χ2n) is 10.1. The fraction of sp³-hybridized carbons (Fsp3) is 0.536. The van der Waals surface area contributed by atoms with Crippen molar-refractivity contribution in [2.45, 2.75) is 42.7 Å². The fourth-order valence-electron chi connectivity index (χ4n) is 6.58. The number of likely N-dealkylation sites (tertiary alicyclic amines) is 1. The standard InChI is InChI=1S/C28H36ClN3O4S/c1-5-12-30(13-6-2)25(34)22-21-17-18(4)28(37-21)23(22)26(35)32(15-16-33)24(28)27(36)31(14-7-3)20-10-8-19(29)9-11-20/h5,7-11,18,21-24,33H,1,3,6,12-17H2,2,4H3/t18?,21-,22+,23+,24?,28?/m1/s1. The Hall–Kier alpha value is -2.29. The molecule has 3 aliphatic heterocycles. The molecule has 0 saturated carbocycles. The van der Waals surface area contributed by atoms with Gasteiger partial charge < -0.3 is 19.8 Å². The highest BCUT2D eigenvalue weighted by atomic mass is 35.5. The van der Waals surface area contributed by atoms with Gasteiger partial charge >= 0.3 is 0 Å². The molecule has 6 atom stereocenters. The lowest BCUT2D eigenvalue weighted by atomic mass is 9.65. The van der Waals surface area contributed by atoms with Crippen molar-refractivity contribution >= 4 is 46.8 Å². The number of carbonyl (C=O) groups excluding carboxylic acids is 3. The summed E-state index contributed by atoms with van der Waals surface area (Å²) in [6, 6.07) is 6.20. The number of carbonyl (C=O) groups is 3. The third-order valence-corrected chi connectivity index (χ3v) is 10.3. The first-order valence-electron chi connectivity index (χ1n) is 12.9. The van der Waals surface area contributed by atoms with Gasteiger partial charge in [0.15, 0.2) is 0 Å². The lowest BCUT2D eigenvalue weighted by Crippen LogP contribution is -2.58. The Balaban J connectivity index is 1.78. The van der Waals surface area contributed by atoms with E-state index in [-0.39, 0.29) is 48.6 Å². The van der Waals surface area contributed by atoms with Gasteiger partial charge in [-0.25, -0.2) is 0 Å². The van der Waals surface area contributed by atoms with Crippen LogP contribution in [0, 0.1) is 17.8 Å². The van der Waals surface area contributed by atoms with Crippen molar-refractivity contribution in [3.05, 3.63) is 54.6 Å². The van der Waals surface area contributed by atoms with E-state index in [1.165, 1.54) is 4.90 Å². The summed E-state index contributed by atoms with van der Waals surface area (Å²) in [5.41, 5.74) is 0.656. The number of fused-ring (bicyclic) bond motifs is 1. The monoisotopic (exact) mass is 545 g/mol. The van der Waals surface area contributed by atoms with Crippen molar-refractivity contribution < 1.29 is 19.5 Å². The zero-order chi connectivity index (χ0) is 26.9. The van der Waals surface area contributed by atoms with E-state index < -0.39 is 22.6 Å². The van der Waals surface area contributed by atoms with Crippen LogP contribution in [0.5, 0.6) is 0 Å². The predicted octanol–water partition coefficient (Wildman–Crippen LogP) is 3.61. The van der Waals surface area contributed by atoms with Crippen LogP contribution in [0.25, 0.3) is 0 Å². The van der Waals surface area contributed by atoms with Gasteiger partial charge in [0.1, 0.15) is 6.04 Å². The zero-order valence-corrected chi connectivity index (χ0v) is 23.1. The number of hydrogen-bond donors (Lipinski definition) is 1. The van der Waals surface area contributed by atoms with Gasteiger partial charge in [0.2, 0.25) is 11.8 Å². The zero-order valence-electron chi connectivity index (χ0n) is 21.5. The summed E-state index contributed by atoms with van der Waals surface area (Å²) < 4.78 is -0.744. The van der Waals surface area contributed by atoms with Crippen LogP contribution in [0.4, 0.5) is 5.69 Å². The van der Waals surface area contributed by atoms with Crippen LogP contribution < -0.4 is 4.90 Å². The number of thioether (sulfide) groups is 1. The van der Waals surface area contributed by atoms with Gasteiger partial charge in [-0.2, -0.15) is 0 Å². The summed E-state index contributed by atoms with van der Waals surface area (Å²) in [5, 5.41) is 10.4. The molecular weight excluding hydrogens is 510 g/mol. The highest BCUT2D eigenvalue weighted by Gasteiger charge is 2.76. The molecule has 1 aromatic carbocycles. The predicted molar refractivity (Wildman–Crippen MR) is 149 cm³/mol. The van der Waals surface area contributed by atoms with E-state index >= 15 is 0 Å². The van der Waals surface area contributed by atoms with Crippen molar-refractivity contribution in [3.63, 3.8) is 0 Å². The largest absolute Gasteiger partial charge is 0.395 e. The van der Waals surface area contributed by atoms with Crippen molar-refractivity contribution in [1.82, 2.24) is 9.80 Å². The Morgan fingerprint density at radius 3 is 2.49 bits per heavy atom. The molecule has 3 heterocycles. The van der Waals surface area contributed by atoms with Gasteiger partial charge in [0, 0.05) is 42.1 Å². The summed E-state index contributed by atoms with van der Waals surface area (Å²) >= 11 is 7.73. The van der Waals surface area contributed by atoms with E-state index in [4.69, 9.17) is 11.6 Å². The third kappa shape index (κ3) is 4.51. The molecule has 200 valence electrons. The van der Waals surface area contributed by atoms with Gasteiger partial charge in [-0.3, -0.25) is 14.4 Å². The topological polar surface area (TPSA) is 81.2 Å². The molecule has 1 N–H and O–H groups in total. The highest BCUT2D eigenvalue weighted by molar-refractivity contribution is 8.02. The number of aliphatic hydroxyl groups is 1. The molecule has 1 aromatic rings. The normalized spacial score (nSPS) is 29.8. The molecule has 37 heavy (non-hydrogen) atoms. The first kappa shape index (κ1) is 27.7. The summed E-state index contributed by atoms with van der Waals surface area (Å²) in [5.74, 6) is -1.54. The second kappa shape index (κ2) is 11.2. The molecule has 0 radical (unpaired) electrons. The average molecular weight is 546 g/mol. The average Bonchev–Trinajstić information content (AvgIpc) is 3.46. The van der Waals surface area contributed by atoms with E-state index in [1.54, 1.807) is 58.0 Å². The summed E-state index contributed by atoms with van der Waals surface area (Å²) in [4.78, 5) is 47.2. The Bertz CT molecular complexity index is 1070. The smallest absolute Gasteiger partial charge is 0.251 e. The number of hydrogen-bond acceptors (Lipinski definition) is 5. The Morgan fingerprint density at radius 1 is 1.22 bits per heavy atom. The van der Waals surface area contributed by atoms with Crippen LogP contribution in [-0.2, 0) is 14.4 Å². The molecule has 3 fully saturated rings. The second-order valence-corrected chi connectivity index (χ2v) is 12.1. The molecule has 2 bridgehead atoms. The molecule has 1 spiro atoms. The van der Waals surface area contributed by atoms with E-state index in [9.17, 15) is 19.5 Å². The quantitative estimate of drug-likeness (QED) is 0.430. The minimum absolute atomic E-state index is 0.0319.